The van der Waals surface area contributed by atoms with Crippen LogP contribution in [-0.2, 0) is 6.42 Å². The molecule has 0 saturated heterocycles. The van der Waals surface area contributed by atoms with Crippen molar-refractivity contribution in [2.75, 3.05) is 19.0 Å². The highest BCUT2D eigenvalue weighted by atomic mass is 19.4. The molecule has 2 aromatic heterocycles. The number of hydrogen-bond acceptors (Lipinski definition) is 5. The minimum absolute atomic E-state index is 0.0608. The van der Waals surface area contributed by atoms with Gasteiger partial charge < -0.3 is 10.1 Å². The summed E-state index contributed by atoms with van der Waals surface area (Å²) in [7, 11) is 1.57. The summed E-state index contributed by atoms with van der Waals surface area (Å²) in [5.41, 5.74) is 4.67. The van der Waals surface area contributed by atoms with E-state index in [9.17, 15) is 13.2 Å². The molecule has 5 nitrogen and oxygen atoms in total. The van der Waals surface area contributed by atoms with Crippen LogP contribution in [0.15, 0.2) is 48.9 Å². The van der Waals surface area contributed by atoms with Gasteiger partial charge in [-0.1, -0.05) is 29.8 Å². The molecule has 8 heteroatoms. The molecule has 0 spiro atoms. The molecule has 0 aliphatic carbocycles. The highest BCUT2D eigenvalue weighted by molar-refractivity contribution is 5.69. The van der Waals surface area contributed by atoms with Crippen LogP contribution < -0.4 is 10.1 Å². The Balaban J connectivity index is 1.78. The van der Waals surface area contributed by atoms with Gasteiger partial charge >= 0.3 is 6.18 Å². The normalized spacial score (nSPS) is 11.3. The zero-order chi connectivity index (χ0) is 20.1. The number of methoxy groups -OCH3 is 1. The third-order valence-corrected chi connectivity index (χ3v) is 3.99. The second kappa shape index (κ2) is 8.24. The summed E-state index contributed by atoms with van der Waals surface area (Å²) in [4.78, 5) is 12.2. The molecule has 1 N–H and O–H groups in total. The lowest BCUT2D eigenvalue weighted by Crippen LogP contribution is -2.22. The predicted octanol–water partition coefficient (Wildman–Crippen LogP) is 4.42. The number of ether oxygens (including phenoxy) is 1. The van der Waals surface area contributed by atoms with E-state index in [-0.39, 0.29) is 5.95 Å². The van der Waals surface area contributed by atoms with Crippen molar-refractivity contribution in [1.29, 1.82) is 0 Å². The van der Waals surface area contributed by atoms with Gasteiger partial charge in [-0.15, -0.1) is 0 Å². The number of aromatic nitrogens is 3. The van der Waals surface area contributed by atoms with E-state index < -0.39 is 12.7 Å². The number of anilines is 1. The Hall–Kier alpha value is -3.16. The summed E-state index contributed by atoms with van der Waals surface area (Å²) < 4.78 is 42.1. The monoisotopic (exact) mass is 388 g/mol. The van der Waals surface area contributed by atoms with Gasteiger partial charge in [-0.05, 0) is 29.7 Å². The molecule has 0 atom stereocenters. The van der Waals surface area contributed by atoms with Gasteiger partial charge in [-0.3, -0.25) is 0 Å². The Kier molecular flexibility index (Phi) is 5.77. The maximum Gasteiger partial charge on any atom is 0.405 e. The summed E-state index contributed by atoms with van der Waals surface area (Å²) in [6.07, 6.45) is 0.886. The highest BCUT2D eigenvalue weighted by Gasteiger charge is 2.26. The number of halogens is 3. The van der Waals surface area contributed by atoms with Crippen LogP contribution in [0.25, 0.3) is 11.1 Å². The van der Waals surface area contributed by atoms with Gasteiger partial charge in [0.05, 0.1) is 7.11 Å². The zero-order valence-electron chi connectivity index (χ0n) is 15.4. The van der Waals surface area contributed by atoms with Crippen LogP contribution >= 0.6 is 0 Å². The van der Waals surface area contributed by atoms with Crippen LogP contribution in [0.5, 0.6) is 5.88 Å². The zero-order valence-corrected chi connectivity index (χ0v) is 15.4. The van der Waals surface area contributed by atoms with Crippen molar-refractivity contribution in [1.82, 2.24) is 15.0 Å². The van der Waals surface area contributed by atoms with Crippen LogP contribution in [-0.4, -0.2) is 34.8 Å². The van der Waals surface area contributed by atoms with E-state index in [1.54, 1.807) is 13.3 Å². The minimum Gasteiger partial charge on any atom is -0.481 e. The second-order valence-electron chi connectivity index (χ2n) is 6.33. The number of rotatable bonds is 6. The summed E-state index contributed by atoms with van der Waals surface area (Å²) in [5, 5.41) is 2.15. The first kappa shape index (κ1) is 19.6. The molecule has 0 bridgehead atoms. The quantitative estimate of drug-likeness (QED) is 0.677. The highest BCUT2D eigenvalue weighted by Crippen LogP contribution is 2.30. The maximum absolute atomic E-state index is 12.2. The molecule has 0 amide bonds. The molecule has 146 valence electrons. The molecule has 0 radical (unpaired) electrons. The van der Waals surface area contributed by atoms with Crippen LogP contribution in [0.2, 0.25) is 0 Å². The first-order valence-electron chi connectivity index (χ1n) is 8.55. The number of pyridine rings is 1. The first-order chi connectivity index (χ1) is 13.3. The van der Waals surface area contributed by atoms with Crippen molar-refractivity contribution < 1.29 is 17.9 Å². The fourth-order valence-corrected chi connectivity index (χ4v) is 2.73. The molecule has 3 aromatic rings. The van der Waals surface area contributed by atoms with E-state index in [0.29, 0.717) is 12.3 Å². The molecule has 0 aliphatic heterocycles. The van der Waals surface area contributed by atoms with Gasteiger partial charge in [0.15, 0.2) is 0 Å². The molecular formula is C20H19F3N4O. The van der Waals surface area contributed by atoms with Gasteiger partial charge in [0.25, 0.3) is 0 Å². The fourth-order valence-electron chi connectivity index (χ4n) is 2.73. The standard InChI is InChI=1S/C20H19F3N4O/c1-13-4-3-5-16(6-13)17-8-14(9-24-18(17)28-2)7-15-10-25-19(26-11-15)27-12-20(21,22)23/h3-6,8-11H,7,12H2,1-2H3,(H,25,26,27). The van der Waals surface area contributed by atoms with Crippen molar-refractivity contribution in [3.63, 3.8) is 0 Å². The minimum atomic E-state index is -4.32. The second-order valence-corrected chi connectivity index (χ2v) is 6.33. The van der Waals surface area contributed by atoms with Gasteiger partial charge in [0.1, 0.15) is 6.54 Å². The number of benzene rings is 1. The lowest BCUT2D eigenvalue weighted by molar-refractivity contribution is -0.115. The molecule has 1 aromatic carbocycles. The SMILES string of the molecule is COc1ncc(Cc2cnc(NCC(F)(F)F)nc2)cc1-c1cccc(C)c1. The van der Waals surface area contributed by atoms with Gasteiger partial charge in [0.2, 0.25) is 11.8 Å². The Labute approximate surface area is 160 Å². The fraction of sp³-hybridized carbons (Fsp3) is 0.250. The molecule has 0 unspecified atom stereocenters. The third kappa shape index (κ3) is 5.18. The van der Waals surface area contributed by atoms with E-state index in [2.05, 4.69) is 20.3 Å². The Bertz CT molecular complexity index is 943. The van der Waals surface area contributed by atoms with Gasteiger partial charge in [-0.2, -0.15) is 13.2 Å². The lowest BCUT2D eigenvalue weighted by Gasteiger charge is -2.11. The number of alkyl halides is 3. The average Bonchev–Trinajstić information content (AvgIpc) is 2.67. The van der Waals surface area contributed by atoms with Gasteiger partial charge in [-0.25, -0.2) is 15.0 Å². The molecule has 2 heterocycles. The number of nitrogens with zero attached hydrogens (tertiary/aromatic N) is 3. The van der Waals surface area contributed by atoms with Crippen LogP contribution in [0.4, 0.5) is 19.1 Å². The van der Waals surface area contributed by atoms with E-state index >= 15 is 0 Å². The number of hydrogen-bond donors (Lipinski definition) is 1. The molecule has 0 fully saturated rings. The van der Waals surface area contributed by atoms with Crippen molar-refractivity contribution >= 4 is 5.95 Å². The Morgan fingerprint density at radius 2 is 1.71 bits per heavy atom. The molecular weight excluding hydrogens is 369 g/mol. The molecule has 0 saturated carbocycles. The largest absolute Gasteiger partial charge is 0.481 e. The van der Waals surface area contributed by atoms with Crippen LogP contribution in [0.1, 0.15) is 16.7 Å². The van der Waals surface area contributed by atoms with E-state index in [1.807, 2.05) is 37.3 Å². The summed E-state index contributed by atoms with van der Waals surface area (Å²) in [6, 6.07) is 10.0. The van der Waals surface area contributed by atoms with Gasteiger partial charge in [0, 0.05) is 30.6 Å². The third-order valence-electron chi connectivity index (χ3n) is 3.99. The number of nitrogens with one attached hydrogen (secondary N) is 1. The average molecular weight is 388 g/mol. The van der Waals surface area contributed by atoms with E-state index in [4.69, 9.17) is 4.74 Å². The summed E-state index contributed by atoms with van der Waals surface area (Å²) in [5.74, 6) is 0.465. The predicted molar refractivity (Wildman–Crippen MR) is 100 cm³/mol. The smallest absolute Gasteiger partial charge is 0.405 e. The van der Waals surface area contributed by atoms with Crippen molar-refractivity contribution in [2.45, 2.75) is 19.5 Å². The Morgan fingerprint density at radius 3 is 2.36 bits per heavy atom. The first-order valence-corrected chi connectivity index (χ1v) is 8.55. The summed E-state index contributed by atoms with van der Waals surface area (Å²) >= 11 is 0. The van der Waals surface area contributed by atoms with E-state index in [1.165, 1.54) is 12.4 Å². The van der Waals surface area contributed by atoms with E-state index in [0.717, 1.165) is 27.8 Å². The van der Waals surface area contributed by atoms with Crippen molar-refractivity contribution in [2.24, 2.45) is 0 Å². The van der Waals surface area contributed by atoms with Crippen molar-refractivity contribution in [3.8, 4) is 17.0 Å². The molecule has 3 rings (SSSR count). The number of aryl methyl sites for hydroxylation is 1. The maximum atomic E-state index is 12.2. The molecule has 28 heavy (non-hydrogen) atoms. The Morgan fingerprint density at radius 1 is 1.00 bits per heavy atom. The molecule has 0 aliphatic rings. The lowest BCUT2D eigenvalue weighted by atomic mass is 10.0. The van der Waals surface area contributed by atoms with Crippen LogP contribution in [0.3, 0.4) is 0 Å². The van der Waals surface area contributed by atoms with Crippen molar-refractivity contribution in [3.05, 3.63) is 65.6 Å². The topological polar surface area (TPSA) is 59.9 Å². The van der Waals surface area contributed by atoms with Crippen LogP contribution in [0, 0.1) is 6.92 Å². The summed E-state index contributed by atoms with van der Waals surface area (Å²) in [6.45, 7) is 0.841.